The fourth-order valence-corrected chi connectivity index (χ4v) is 3.13. The molecule has 22 heavy (non-hydrogen) atoms. The summed E-state index contributed by atoms with van der Waals surface area (Å²) in [6, 6.07) is 7.31. The second-order valence-corrected chi connectivity index (χ2v) is 6.01. The van der Waals surface area contributed by atoms with Crippen LogP contribution in [0.5, 0.6) is 0 Å². The summed E-state index contributed by atoms with van der Waals surface area (Å²) in [5, 5.41) is 8.98. The summed E-state index contributed by atoms with van der Waals surface area (Å²) in [5.74, 6) is 0.608. The van der Waals surface area contributed by atoms with Crippen LogP contribution >= 0.6 is 0 Å². The van der Waals surface area contributed by atoms with Crippen LogP contribution in [0.15, 0.2) is 30.5 Å². The molecule has 1 saturated heterocycles. The van der Waals surface area contributed by atoms with Crippen LogP contribution in [0.3, 0.4) is 0 Å². The molecule has 0 bridgehead atoms. The Labute approximate surface area is 130 Å². The van der Waals surface area contributed by atoms with Crippen molar-refractivity contribution < 1.29 is 9.90 Å². The van der Waals surface area contributed by atoms with Crippen LogP contribution in [0.1, 0.15) is 46.2 Å². The Morgan fingerprint density at radius 3 is 2.82 bits per heavy atom. The molecule has 2 heterocycles. The number of benzene rings is 1. The maximum Gasteiger partial charge on any atom is 0.335 e. The lowest BCUT2D eigenvalue weighted by atomic mass is 9.90. The van der Waals surface area contributed by atoms with Gasteiger partial charge in [0.1, 0.15) is 5.82 Å². The number of piperidine rings is 1. The molecule has 0 radical (unpaired) electrons. The van der Waals surface area contributed by atoms with Crippen LogP contribution in [0.2, 0.25) is 0 Å². The van der Waals surface area contributed by atoms with Crippen LogP contribution in [0.25, 0.3) is 0 Å². The summed E-state index contributed by atoms with van der Waals surface area (Å²) in [6.45, 7) is 4.94. The van der Waals surface area contributed by atoms with Crippen LogP contribution in [-0.4, -0.2) is 39.0 Å². The van der Waals surface area contributed by atoms with Crippen molar-refractivity contribution >= 4 is 5.97 Å². The van der Waals surface area contributed by atoms with Gasteiger partial charge in [-0.1, -0.05) is 12.1 Å². The normalized spacial score (nSPS) is 19.2. The highest BCUT2D eigenvalue weighted by Crippen LogP contribution is 2.27. The van der Waals surface area contributed by atoms with Crippen molar-refractivity contribution in [1.82, 2.24) is 14.9 Å². The number of aryl methyl sites for hydroxylation is 1. The Bertz CT molecular complexity index is 648. The van der Waals surface area contributed by atoms with Gasteiger partial charge in [0.05, 0.1) is 12.1 Å². The molecule has 2 aromatic rings. The minimum absolute atomic E-state index is 0.350. The van der Waals surface area contributed by atoms with E-state index in [-0.39, 0.29) is 0 Å². The van der Waals surface area contributed by atoms with Gasteiger partial charge in [-0.2, -0.15) is 0 Å². The number of hydrogen-bond acceptors (Lipinski definition) is 3. The summed E-state index contributed by atoms with van der Waals surface area (Å²) < 4.78 is 0. The van der Waals surface area contributed by atoms with Gasteiger partial charge in [-0.15, -0.1) is 0 Å². The van der Waals surface area contributed by atoms with Crippen LogP contribution in [0, 0.1) is 6.92 Å². The molecule has 5 heteroatoms. The van der Waals surface area contributed by atoms with E-state index in [0.29, 0.717) is 11.5 Å². The van der Waals surface area contributed by atoms with Crippen molar-refractivity contribution in [3.8, 4) is 0 Å². The van der Waals surface area contributed by atoms with Gasteiger partial charge in [0.2, 0.25) is 0 Å². The zero-order valence-corrected chi connectivity index (χ0v) is 12.7. The van der Waals surface area contributed by atoms with Crippen molar-refractivity contribution in [2.24, 2.45) is 0 Å². The van der Waals surface area contributed by atoms with Gasteiger partial charge < -0.3 is 10.1 Å². The molecule has 116 valence electrons. The number of aromatic nitrogens is 2. The number of rotatable bonds is 4. The Balaban J connectivity index is 1.66. The third-order valence-electron chi connectivity index (χ3n) is 4.26. The lowest BCUT2D eigenvalue weighted by Crippen LogP contribution is -2.34. The number of nitrogens with one attached hydrogen (secondary N) is 1. The second-order valence-electron chi connectivity index (χ2n) is 6.01. The fraction of sp³-hybridized carbons (Fsp3) is 0.412. The number of carboxylic acid groups (broad SMARTS) is 1. The molecule has 0 unspecified atom stereocenters. The first-order valence-electron chi connectivity index (χ1n) is 7.68. The van der Waals surface area contributed by atoms with Crippen molar-refractivity contribution in [3.05, 3.63) is 53.1 Å². The fourth-order valence-electron chi connectivity index (χ4n) is 3.13. The van der Waals surface area contributed by atoms with E-state index in [9.17, 15) is 4.79 Å². The summed E-state index contributed by atoms with van der Waals surface area (Å²) in [6.07, 6.45) is 4.17. The van der Waals surface area contributed by atoms with Crippen LogP contribution in [-0.2, 0) is 6.54 Å². The number of H-pyrrole nitrogens is 1. The average Bonchev–Trinajstić information content (AvgIpc) is 2.93. The number of hydrogen-bond donors (Lipinski definition) is 2. The van der Waals surface area contributed by atoms with Gasteiger partial charge in [-0.25, -0.2) is 9.78 Å². The highest BCUT2D eigenvalue weighted by molar-refractivity contribution is 5.87. The van der Waals surface area contributed by atoms with Gasteiger partial charge in [0.25, 0.3) is 0 Å². The Morgan fingerprint density at radius 2 is 2.18 bits per heavy atom. The van der Waals surface area contributed by atoms with E-state index in [1.54, 1.807) is 12.1 Å². The molecule has 1 aliphatic heterocycles. The zero-order valence-electron chi connectivity index (χ0n) is 12.7. The van der Waals surface area contributed by atoms with E-state index < -0.39 is 5.97 Å². The highest BCUT2D eigenvalue weighted by atomic mass is 16.4. The Morgan fingerprint density at radius 1 is 1.41 bits per heavy atom. The predicted molar refractivity (Wildman–Crippen MR) is 84.0 cm³/mol. The number of carboxylic acids is 1. The van der Waals surface area contributed by atoms with Gasteiger partial charge in [0.15, 0.2) is 0 Å². The lowest BCUT2D eigenvalue weighted by molar-refractivity contribution is 0.0697. The Hall–Kier alpha value is -2.14. The van der Waals surface area contributed by atoms with E-state index in [4.69, 9.17) is 5.11 Å². The molecule has 1 aliphatic rings. The summed E-state index contributed by atoms with van der Waals surface area (Å²) >= 11 is 0. The maximum atomic E-state index is 10.9. The number of carbonyl (C=O) groups is 1. The maximum absolute atomic E-state index is 10.9. The molecule has 2 N–H and O–H groups in total. The second kappa shape index (κ2) is 6.32. The third-order valence-corrected chi connectivity index (χ3v) is 4.26. The highest BCUT2D eigenvalue weighted by Gasteiger charge is 2.22. The smallest absolute Gasteiger partial charge is 0.335 e. The summed E-state index contributed by atoms with van der Waals surface area (Å²) in [7, 11) is 0. The van der Waals surface area contributed by atoms with Crippen molar-refractivity contribution in [3.63, 3.8) is 0 Å². The predicted octanol–water partition coefficient (Wildman–Crippen LogP) is 2.80. The monoisotopic (exact) mass is 299 g/mol. The number of nitrogens with zero attached hydrogens (tertiary/aromatic N) is 2. The van der Waals surface area contributed by atoms with Crippen molar-refractivity contribution in [2.45, 2.75) is 32.2 Å². The number of likely N-dealkylation sites (tertiary alicyclic amines) is 1. The van der Waals surface area contributed by atoms with E-state index in [1.165, 1.54) is 5.56 Å². The molecule has 0 saturated carbocycles. The van der Waals surface area contributed by atoms with E-state index in [1.807, 2.05) is 25.3 Å². The molecule has 0 spiro atoms. The average molecular weight is 299 g/mol. The summed E-state index contributed by atoms with van der Waals surface area (Å²) in [5.41, 5.74) is 2.67. The van der Waals surface area contributed by atoms with Crippen molar-refractivity contribution in [2.75, 3.05) is 13.1 Å². The molecule has 0 amide bonds. The third kappa shape index (κ3) is 3.36. The molecule has 1 aromatic heterocycles. The SMILES string of the molecule is Cc1cnc(CN2CCC[C@@H](c3ccc(C(=O)O)cc3)C2)[nH]1. The standard InChI is InChI=1S/C17H21N3O2/c1-12-9-18-16(19-12)11-20-8-2-3-15(10-20)13-4-6-14(7-5-13)17(21)22/h4-7,9,15H,2-3,8,10-11H2,1H3,(H,18,19)(H,21,22)/t15-/m1/s1. The molecule has 1 fully saturated rings. The molecular formula is C17H21N3O2. The van der Waals surface area contributed by atoms with Crippen molar-refractivity contribution in [1.29, 1.82) is 0 Å². The van der Waals surface area contributed by atoms with Gasteiger partial charge in [0, 0.05) is 18.4 Å². The van der Waals surface area contributed by atoms with Gasteiger partial charge >= 0.3 is 5.97 Å². The first kappa shape index (κ1) is 14.8. The quantitative estimate of drug-likeness (QED) is 0.911. The molecular weight excluding hydrogens is 278 g/mol. The van der Waals surface area contributed by atoms with Crippen LogP contribution < -0.4 is 0 Å². The first-order valence-corrected chi connectivity index (χ1v) is 7.68. The number of imidazole rings is 1. The van der Waals surface area contributed by atoms with E-state index in [2.05, 4.69) is 14.9 Å². The van der Waals surface area contributed by atoms with E-state index in [0.717, 1.165) is 44.0 Å². The first-order chi connectivity index (χ1) is 10.6. The number of aromatic carboxylic acids is 1. The lowest BCUT2D eigenvalue weighted by Gasteiger charge is -2.32. The molecule has 1 atom stereocenters. The van der Waals surface area contributed by atoms with Crippen LogP contribution in [0.4, 0.5) is 0 Å². The molecule has 1 aromatic carbocycles. The largest absolute Gasteiger partial charge is 0.478 e. The van der Waals surface area contributed by atoms with E-state index >= 15 is 0 Å². The Kier molecular flexibility index (Phi) is 4.24. The van der Waals surface area contributed by atoms with Gasteiger partial charge in [-0.05, 0) is 49.9 Å². The molecule has 3 rings (SSSR count). The summed E-state index contributed by atoms with van der Waals surface area (Å²) in [4.78, 5) is 21.0. The van der Waals surface area contributed by atoms with Gasteiger partial charge in [-0.3, -0.25) is 4.90 Å². The zero-order chi connectivity index (χ0) is 15.5. The minimum atomic E-state index is -0.870. The topological polar surface area (TPSA) is 69.2 Å². The minimum Gasteiger partial charge on any atom is -0.478 e. The molecule has 0 aliphatic carbocycles. The molecule has 5 nitrogen and oxygen atoms in total. The number of aromatic amines is 1.